The van der Waals surface area contributed by atoms with Gasteiger partial charge < -0.3 is 9.73 Å². The molecule has 3 aromatic rings. The van der Waals surface area contributed by atoms with Crippen LogP contribution in [0.1, 0.15) is 23.8 Å². The number of aromatic nitrogens is 4. The summed E-state index contributed by atoms with van der Waals surface area (Å²) in [5.74, 6) is 2.01. The van der Waals surface area contributed by atoms with Gasteiger partial charge >= 0.3 is 0 Å². The minimum Gasteiger partial charge on any atom is -0.444 e. The van der Waals surface area contributed by atoms with E-state index in [0.29, 0.717) is 24.0 Å². The Morgan fingerprint density at radius 3 is 3.17 bits per heavy atom. The molecule has 1 atom stereocenters. The molecular formula is C17H18FN5O. The van der Waals surface area contributed by atoms with E-state index in [-0.39, 0.29) is 5.82 Å². The van der Waals surface area contributed by atoms with Crippen molar-refractivity contribution < 1.29 is 8.81 Å². The number of nitrogens with zero attached hydrogens (tertiary/aromatic N) is 4. The van der Waals surface area contributed by atoms with E-state index in [0.717, 1.165) is 36.7 Å². The Morgan fingerprint density at radius 2 is 2.29 bits per heavy atom. The van der Waals surface area contributed by atoms with Crippen LogP contribution in [0.2, 0.25) is 0 Å². The standard InChI is InChI=1S/C17H18FN5O/c1-11-20-16-6-5-14(9-23(16)22-11)19-8-15-10-24-17(21-15)12-3-2-4-13(18)7-12/h2-4,7,10,14,19H,5-6,8-9H2,1H3/t14-/m1/s1. The molecule has 7 heteroatoms. The van der Waals surface area contributed by atoms with Gasteiger partial charge in [0.05, 0.1) is 12.2 Å². The maximum atomic E-state index is 13.3. The summed E-state index contributed by atoms with van der Waals surface area (Å²) in [7, 11) is 0. The third-order valence-corrected chi connectivity index (χ3v) is 4.16. The summed E-state index contributed by atoms with van der Waals surface area (Å²) in [5, 5.41) is 7.88. The Morgan fingerprint density at radius 1 is 1.38 bits per heavy atom. The van der Waals surface area contributed by atoms with Crippen LogP contribution < -0.4 is 5.32 Å². The van der Waals surface area contributed by atoms with Crippen LogP contribution in [0.3, 0.4) is 0 Å². The van der Waals surface area contributed by atoms with Crippen molar-refractivity contribution in [3.63, 3.8) is 0 Å². The summed E-state index contributed by atoms with van der Waals surface area (Å²) in [6, 6.07) is 6.57. The first kappa shape index (κ1) is 15.0. The van der Waals surface area contributed by atoms with Gasteiger partial charge in [0.25, 0.3) is 0 Å². The van der Waals surface area contributed by atoms with E-state index in [1.165, 1.54) is 12.1 Å². The van der Waals surface area contributed by atoms with Gasteiger partial charge in [0.1, 0.15) is 23.7 Å². The lowest BCUT2D eigenvalue weighted by molar-refractivity contribution is 0.356. The van der Waals surface area contributed by atoms with E-state index < -0.39 is 0 Å². The summed E-state index contributed by atoms with van der Waals surface area (Å²) in [6.07, 6.45) is 3.56. The monoisotopic (exact) mass is 327 g/mol. The van der Waals surface area contributed by atoms with Gasteiger partial charge in [0, 0.05) is 24.6 Å². The molecule has 0 amide bonds. The number of oxazole rings is 1. The van der Waals surface area contributed by atoms with Gasteiger partial charge in [0.2, 0.25) is 5.89 Å². The molecule has 0 unspecified atom stereocenters. The first-order valence-electron chi connectivity index (χ1n) is 8.01. The van der Waals surface area contributed by atoms with Gasteiger partial charge in [-0.15, -0.1) is 0 Å². The number of benzene rings is 1. The Kier molecular flexibility index (Phi) is 3.86. The van der Waals surface area contributed by atoms with E-state index in [1.807, 2.05) is 11.6 Å². The van der Waals surface area contributed by atoms with Gasteiger partial charge in [-0.2, -0.15) is 5.10 Å². The second kappa shape index (κ2) is 6.16. The number of aryl methyl sites for hydroxylation is 2. The van der Waals surface area contributed by atoms with Crippen LogP contribution in [-0.4, -0.2) is 25.8 Å². The predicted molar refractivity (Wildman–Crippen MR) is 85.6 cm³/mol. The third-order valence-electron chi connectivity index (χ3n) is 4.16. The third kappa shape index (κ3) is 3.07. The fraction of sp³-hybridized carbons (Fsp3) is 0.353. The first-order valence-corrected chi connectivity index (χ1v) is 8.01. The van der Waals surface area contributed by atoms with Gasteiger partial charge in [-0.25, -0.2) is 19.0 Å². The summed E-state index contributed by atoms with van der Waals surface area (Å²) < 4.78 is 20.7. The number of hydrogen-bond acceptors (Lipinski definition) is 5. The fourth-order valence-electron chi connectivity index (χ4n) is 2.99. The summed E-state index contributed by atoms with van der Waals surface area (Å²) in [6.45, 7) is 3.33. The first-order chi connectivity index (χ1) is 11.7. The van der Waals surface area contributed by atoms with Crippen molar-refractivity contribution in [1.29, 1.82) is 0 Å². The highest BCUT2D eigenvalue weighted by Gasteiger charge is 2.20. The second-order valence-corrected chi connectivity index (χ2v) is 6.03. The Balaban J connectivity index is 1.39. The Hall–Kier alpha value is -2.54. The lowest BCUT2D eigenvalue weighted by Crippen LogP contribution is -2.37. The van der Waals surface area contributed by atoms with Crippen molar-refractivity contribution in [1.82, 2.24) is 25.1 Å². The van der Waals surface area contributed by atoms with Crippen molar-refractivity contribution in [3.8, 4) is 11.5 Å². The Bertz CT molecular complexity index is 856. The molecule has 24 heavy (non-hydrogen) atoms. The average Bonchev–Trinajstić information content (AvgIpc) is 3.18. The molecule has 0 radical (unpaired) electrons. The van der Waals surface area contributed by atoms with Crippen LogP contribution in [0.25, 0.3) is 11.5 Å². The van der Waals surface area contributed by atoms with E-state index in [4.69, 9.17) is 4.42 Å². The van der Waals surface area contributed by atoms with Crippen molar-refractivity contribution in [2.75, 3.05) is 0 Å². The summed E-state index contributed by atoms with van der Waals surface area (Å²) in [4.78, 5) is 8.84. The molecule has 0 saturated carbocycles. The van der Waals surface area contributed by atoms with Crippen LogP contribution in [0.5, 0.6) is 0 Å². The zero-order valence-electron chi connectivity index (χ0n) is 13.4. The van der Waals surface area contributed by atoms with E-state index in [9.17, 15) is 4.39 Å². The van der Waals surface area contributed by atoms with Crippen molar-refractivity contribution in [2.24, 2.45) is 0 Å². The zero-order chi connectivity index (χ0) is 16.5. The van der Waals surface area contributed by atoms with Crippen molar-refractivity contribution in [2.45, 2.75) is 38.9 Å². The van der Waals surface area contributed by atoms with E-state index >= 15 is 0 Å². The smallest absolute Gasteiger partial charge is 0.226 e. The molecule has 124 valence electrons. The van der Waals surface area contributed by atoms with Gasteiger partial charge in [-0.1, -0.05) is 6.07 Å². The van der Waals surface area contributed by atoms with Crippen LogP contribution in [0, 0.1) is 12.7 Å². The highest BCUT2D eigenvalue weighted by Crippen LogP contribution is 2.20. The molecule has 0 bridgehead atoms. The van der Waals surface area contributed by atoms with Crippen molar-refractivity contribution in [3.05, 3.63) is 53.7 Å². The number of rotatable bonds is 4. The Labute approximate surface area is 138 Å². The molecule has 4 rings (SSSR count). The van der Waals surface area contributed by atoms with Gasteiger partial charge in [-0.05, 0) is 31.5 Å². The molecule has 6 nitrogen and oxygen atoms in total. The molecule has 1 aromatic carbocycles. The topological polar surface area (TPSA) is 68.8 Å². The van der Waals surface area contributed by atoms with E-state index in [2.05, 4.69) is 20.4 Å². The second-order valence-electron chi connectivity index (χ2n) is 6.03. The number of nitrogens with one attached hydrogen (secondary N) is 1. The van der Waals surface area contributed by atoms with Crippen molar-refractivity contribution >= 4 is 0 Å². The molecule has 0 spiro atoms. The maximum absolute atomic E-state index is 13.3. The van der Waals surface area contributed by atoms with Gasteiger partial charge in [-0.3, -0.25) is 0 Å². The zero-order valence-corrected chi connectivity index (χ0v) is 13.4. The molecule has 1 N–H and O–H groups in total. The molecule has 3 heterocycles. The molecule has 0 saturated heterocycles. The number of hydrogen-bond donors (Lipinski definition) is 1. The minimum atomic E-state index is -0.300. The molecule has 1 aliphatic rings. The number of fused-ring (bicyclic) bond motifs is 1. The van der Waals surface area contributed by atoms with Gasteiger partial charge in [0.15, 0.2) is 0 Å². The summed E-state index contributed by atoms with van der Waals surface area (Å²) in [5.41, 5.74) is 1.44. The quantitative estimate of drug-likeness (QED) is 0.797. The van der Waals surface area contributed by atoms with E-state index in [1.54, 1.807) is 18.4 Å². The highest BCUT2D eigenvalue weighted by molar-refractivity contribution is 5.52. The molecule has 2 aromatic heterocycles. The normalized spacial score (nSPS) is 17.0. The van der Waals surface area contributed by atoms with Crippen LogP contribution >= 0.6 is 0 Å². The lowest BCUT2D eigenvalue weighted by Gasteiger charge is -2.23. The molecular weight excluding hydrogens is 309 g/mol. The average molecular weight is 327 g/mol. The summed E-state index contributed by atoms with van der Waals surface area (Å²) >= 11 is 0. The maximum Gasteiger partial charge on any atom is 0.226 e. The number of halogens is 1. The highest BCUT2D eigenvalue weighted by atomic mass is 19.1. The lowest BCUT2D eigenvalue weighted by atomic mass is 10.1. The molecule has 1 aliphatic heterocycles. The van der Waals surface area contributed by atoms with Crippen LogP contribution in [0.15, 0.2) is 34.9 Å². The van der Waals surface area contributed by atoms with Crippen LogP contribution in [0.4, 0.5) is 4.39 Å². The minimum absolute atomic E-state index is 0.300. The molecule has 0 aliphatic carbocycles. The predicted octanol–water partition coefficient (Wildman–Crippen LogP) is 2.49. The molecule has 0 fully saturated rings. The fourth-order valence-corrected chi connectivity index (χ4v) is 2.99. The largest absolute Gasteiger partial charge is 0.444 e. The SMILES string of the molecule is Cc1nc2n(n1)C[C@H](NCc1coc(-c3cccc(F)c3)n1)CC2. The van der Waals surface area contributed by atoms with Crippen LogP contribution in [-0.2, 0) is 19.5 Å².